The van der Waals surface area contributed by atoms with Crippen molar-refractivity contribution in [2.75, 3.05) is 6.61 Å². The summed E-state index contributed by atoms with van der Waals surface area (Å²) in [4.78, 5) is 22.8. The molecule has 4 nitrogen and oxygen atoms in total. The Labute approximate surface area is 103 Å². The number of imide groups is 1. The lowest BCUT2D eigenvalue weighted by atomic mass is 10.2. The highest BCUT2D eigenvalue weighted by atomic mass is 32.2. The molecule has 0 bridgehead atoms. The Morgan fingerprint density at radius 1 is 1.35 bits per heavy atom. The van der Waals surface area contributed by atoms with Crippen molar-refractivity contribution >= 4 is 29.0 Å². The number of nitrogens with one attached hydrogen (secondary N) is 1. The lowest BCUT2D eigenvalue weighted by Crippen LogP contribution is -2.17. The quantitative estimate of drug-likeness (QED) is 0.836. The smallest absolute Gasteiger partial charge is 0.290 e. The van der Waals surface area contributed by atoms with Crippen LogP contribution in [-0.2, 0) is 4.79 Å². The molecule has 1 N–H and O–H groups in total. The average molecular weight is 249 g/mol. The van der Waals surface area contributed by atoms with Crippen LogP contribution in [0.4, 0.5) is 4.79 Å². The maximum Gasteiger partial charge on any atom is 0.290 e. The van der Waals surface area contributed by atoms with Crippen LogP contribution in [0.2, 0.25) is 0 Å². The molecule has 0 saturated carbocycles. The van der Waals surface area contributed by atoms with Crippen molar-refractivity contribution in [3.63, 3.8) is 0 Å². The van der Waals surface area contributed by atoms with Gasteiger partial charge in [0.2, 0.25) is 0 Å². The molecule has 0 atom stereocenters. The zero-order valence-corrected chi connectivity index (χ0v) is 10.0. The summed E-state index contributed by atoms with van der Waals surface area (Å²) in [7, 11) is 0. The molecule has 17 heavy (non-hydrogen) atoms. The van der Waals surface area contributed by atoms with Crippen LogP contribution in [0.15, 0.2) is 29.2 Å². The van der Waals surface area contributed by atoms with E-state index < -0.39 is 0 Å². The fraction of sp³-hybridized carbons (Fsp3) is 0.167. The third kappa shape index (κ3) is 2.68. The van der Waals surface area contributed by atoms with Crippen LogP contribution in [0.25, 0.3) is 6.08 Å². The predicted molar refractivity (Wildman–Crippen MR) is 66.7 cm³/mol. The summed E-state index contributed by atoms with van der Waals surface area (Å²) in [5.41, 5.74) is 0.793. The van der Waals surface area contributed by atoms with Crippen LogP contribution in [0, 0.1) is 0 Å². The van der Waals surface area contributed by atoms with E-state index in [2.05, 4.69) is 5.32 Å². The van der Waals surface area contributed by atoms with Crippen LogP contribution in [0.5, 0.6) is 5.75 Å². The van der Waals surface area contributed by atoms with E-state index in [1.54, 1.807) is 6.08 Å². The summed E-state index contributed by atoms with van der Waals surface area (Å²) >= 11 is 0.901. The molecule has 0 aliphatic carbocycles. The summed E-state index contributed by atoms with van der Waals surface area (Å²) in [5, 5.41) is 1.88. The molecule has 1 saturated heterocycles. The highest BCUT2D eigenvalue weighted by Gasteiger charge is 2.25. The Morgan fingerprint density at radius 3 is 2.76 bits per heavy atom. The van der Waals surface area contributed by atoms with E-state index in [4.69, 9.17) is 4.74 Å². The molecule has 0 unspecified atom stereocenters. The molecule has 0 spiro atoms. The van der Waals surface area contributed by atoms with Gasteiger partial charge in [0.1, 0.15) is 5.75 Å². The molecule has 2 amide bonds. The number of para-hydroxylation sites is 1. The standard InChI is InChI=1S/C12H11NO3S/c1-2-16-9-6-4-3-5-8(9)7-10-11(14)13-12(15)17-10/h3-7H,2H2,1H3,(H,13,14,15). The van der Waals surface area contributed by atoms with Gasteiger partial charge in [-0.1, -0.05) is 18.2 Å². The van der Waals surface area contributed by atoms with Gasteiger partial charge in [-0.05, 0) is 30.8 Å². The van der Waals surface area contributed by atoms with E-state index in [0.717, 1.165) is 17.3 Å². The van der Waals surface area contributed by atoms with E-state index in [1.165, 1.54) is 0 Å². The Bertz CT molecular complexity index is 496. The molecule has 1 aliphatic rings. The molecular weight excluding hydrogens is 238 g/mol. The van der Waals surface area contributed by atoms with Crippen LogP contribution >= 0.6 is 11.8 Å². The lowest BCUT2D eigenvalue weighted by molar-refractivity contribution is -0.115. The minimum absolute atomic E-state index is 0.338. The van der Waals surface area contributed by atoms with Gasteiger partial charge >= 0.3 is 0 Å². The number of carbonyl (C=O) groups excluding carboxylic acids is 2. The molecule has 1 fully saturated rings. The Hall–Kier alpha value is -1.75. The van der Waals surface area contributed by atoms with Crippen molar-refractivity contribution in [1.82, 2.24) is 5.32 Å². The minimum Gasteiger partial charge on any atom is -0.493 e. The highest BCUT2D eigenvalue weighted by molar-refractivity contribution is 8.18. The van der Waals surface area contributed by atoms with E-state index in [0.29, 0.717) is 17.3 Å². The van der Waals surface area contributed by atoms with Gasteiger partial charge in [0.05, 0.1) is 11.5 Å². The molecule has 2 rings (SSSR count). The van der Waals surface area contributed by atoms with E-state index in [1.807, 2.05) is 31.2 Å². The lowest BCUT2D eigenvalue weighted by Gasteiger charge is -2.06. The number of rotatable bonds is 3. The third-order valence-corrected chi connectivity index (χ3v) is 2.96. The summed E-state index contributed by atoms with van der Waals surface area (Å²) in [6.07, 6.45) is 1.66. The molecule has 1 heterocycles. The van der Waals surface area contributed by atoms with E-state index >= 15 is 0 Å². The first-order valence-electron chi connectivity index (χ1n) is 5.17. The number of ether oxygens (including phenoxy) is 1. The van der Waals surface area contributed by atoms with E-state index in [-0.39, 0.29) is 11.1 Å². The summed E-state index contributed by atoms with van der Waals surface area (Å²) < 4.78 is 5.44. The summed E-state index contributed by atoms with van der Waals surface area (Å²) in [6, 6.07) is 7.39. The normalized spacial score (nSPS) is 17.4. The molecule has 88 valence electrons. The van der Waals surface area contributed by atoms with Gasteiger partial charge in [0.25, 0.3) is 11.1 Å². The van der Waals surface area contributed by atoms with Gasteiger partial charge < -0.3 is 4.74 Å². The second kappa shape index (κ2) is 5.05. The zero-order chi connectivity index (χ0) is 12.3. The first kappa shape index (κ1) is 11.7. The topological polar surface area (TPSA) is 55.4 Å². The summed E-state index contributed by atoms with van der Waals surface area (Å²) in [6.45, 7) is 2.45. The van der Waals surface area contributed by atoms with Crippen LogP contribution < -0.4 is 10.1 Å². The fourth-order valence-electron chi connectivity index (χ4n) is 1.45. The van der Waals surface area contributed by atoms with Gasteiger partial charge in [0.15, 0.2) is 0 Å². The summed E-state index contributed by atoms with van der Waals surface area (Å²) in [5.74, 6) is 0.349. The maximum atomic E-state index is 11.4. The van der Waals surface area contributed by atoms with Crippen LogP contribution in [-0.4, -0.2) is 17.8 Å². The first-order valence-corrected chi connectivity index (χ1v) is 5.99. The second-order valence-corrected chi connectivity index (χ2v) is 4.34. The second-order valence-electron chi connectivity index (χ2n) is 3.32. The van der Waals surface area contributed by atoms with E-state index in [9.17, 15) is 9.59 Å². The third-order valence-electron chi connectivity index (χ3n) is 2.15. The number of amides is 2. The van der Waals surface area contributed by atoms with Gasteiger partial charge in [-0.25, -0.2) is 0 Å². The Balaban J connectivity index is 2.32. The Morgan fingerprint density at radius 2 is 2.12 bits per heavy atom. The van der Waals surface area contributed by atoms with Crippen molar-refractivity contribution in [1.29, 1.82) is 0 Å². The average Bonchev–Trinajstić information content (AvgIpc) is 2.61. The molecular formula is C12H11NO3S. The van der Waals surface area contributed by atoms with Crippen molar-refractivity contribution in [2.45, 2.75) is 6.92 Å². The van der Waals surface area contributed by atoms with Gasteiger partial charge in [-0.2, -0.15) is 0 Å². The van der Waals surface area contributed by atoms with Crippen molar-refractivity contribution in [2.24, 2.45) is 0 Å². The SMILES string of the molecule is CCOc1ccccc1C=C1SC(=O)NC1=O. The van der Waals surface area contributed by atoms with Gasteiger partial charge in [-0.3, -0.25) is 14.9 Å². The molecule has 0 radical (unpaired) electrons. The van der Waals surface area contributed by atoms with Gasteiger partial charge in [-0.15, -0.1) is 0 Å². The minimum atomic E-state index is -0.355. The first-order chi connectivity index (χ1) is 8.20. The molecule has 1 aromatic carbocycles. The number of hydrogen-bond donors (Lipinski definition) is 1. The zero-order valence-electron chi connectivity index (χ0n) is 9.23. The molecule has 1 aromatic rings. The maximum absolute atomic E-state index is 11.4. The number of benzene rings is 1. The van der Waals surface area contributed by atoms with Crippen LogP contribution in [0.1, 0.15) is 12.5 Å². The monoisotopic (exact) mass is 249 g/mol. The molecule has 0 aromatic heterocycles. The van der Waals surface area contributed by atoms with Crippen LogP contribution in [0.3, 0.4) is 0 Å². The number of thioether (sulfide) groups is 1. The number of carbonyl (C=O) groups is 2. The highest BCUT2D eigenvalue weighted by Crippen LogP contribution is 2.28. The van der Waals surface area contributed by atoms with Crippen molar-refractivity contribution < 1.29 is 14.3 Å². The molecule has 1 aliphatic heterocycles. The fourth-order valence-corrected chi connectivity index (χ4v) is 2.12. The van der Waals surface area contributed by atoms with Gasteiger partial charge in [0, 0.05) is 5.56 Å². The Kier molecular flexibility index (Phi) is 3.49. The molecule has 5 heteroatoms. The van der Waals surface area contributed by atoms with Crippen molar-refractivity contribution in [3.8, 4) is 5.75 Å². The number of hydrogen-bond acceptors (Lipinski definition) is 4. The predicted octanol–water partition coefficient (Wildman–Crippen LogP) is 2.41. The van der Waals surface area contributed by atoms with Crippen molar-refractivity contribution in [3.05, 3.63) is 34.7 Å². The largest absolute Gasteiger partial charge is 0.493 e.